The van der Waals surface area contributed by atoms with Crippen LogP contribution in [0.4, 0.5) is 0 Å². The molecule has 21 heavy (non-hydrogen) atoms. The van der Waals surface area contributed by atoms with Gasteiger partial charge in [0.2, 0.25) is 0 Å². The zero-order chi connectivity index (χ0) is 14.9. The minimum atomic E-state index is -3.40. The molecule has 1 aromatic carbocycles. The van der Waals surface area contributed by atoms with Gasteiger partial charge in [0.15, 0.2) is 0 Å². The Balaban J connectivity index is 1.96. The van der Waals surface area contributed by atoms with Crippen LogP contribution in [0.3, 0.4) is 0 Å². The maximum absolute atomic E-state index is 12.7. The topological polar surface area (TPSA) is 46.6 Å². The Morgan fingerprint density at radius 2 is 2.14 bits per heavy atom. The lowest BCUT2D eigenvalue weighted by Crippen LogP contribution is -2.30. The molecule has 1 atom stereocenters. The maximum Gasteiger partial charge on any atom is 0.253 e. The van der Waals surface area contributed by atoms with Crippen LogP contribution in [-0.4, -0.2) is 26.4 Å². The second-order valence-electron chi connectivity index (χ2n) is 4.98. The maximum atomic E-state index is 12.7. The summed E-state index contributed by atoms with van der Waals surface area (Å²) in [7, 11) is -1.78. The molecule has 2 aromatic rings. The van der Waals surface area contributed by atoms with Crippen LogP contribution in [0, 0.1) is 0 Å². The molecule has 3 rings (SSSR count). The van der Waals surface area contributed by atoms with Crippen molar-refractivity contribution in [1.29, 1.82) is 0 Å². The molecule has 0 bridgehead atoms. The average Bonchev–Trinajstić information content (AvgIpc) is 3.18. The van der Waals surface area contributed by atoms with Crippen molar-refractivity contribution in [2.24, 2.45) is 0 Å². The molecule has 0 N–H and O–H groups in total. The van der Waals surface area contributed by atoms with E-state index in [9.17, 15) is 8.42 Å². The number of hydrogen-bond acceptors (Lipinski definition) is 4. The molecule has 1 unspecified atom stereocenters. The molecule has 1 fully saturated rings. The third-order valence-corrected chi connectivity index (χ3v) is 7.02. The van der Waals surface area contributed by atoms with E-state index in [0.29, 0.717) is 10.8 Å². The number of thiophene rings is 1. The third-order valence-electron chi connectivity index (χ3n) is 3.74. The molecule has 0 amide bonds. The van der Waals surface area contributed by atoms with Crippen molar-refractivity contribution in [2.75, 3.05) is 13.7 Å². The Kier molecular flexibility index (Phi) is 4.01. The van der Waals surface area contributed by atoms with Crippen LogP contribution in [0.25, 0.3) is 0 Å². The first kappa shape index (κ1) is 14.6. The minimum absolute atomic E-state index is 0.104. The van der Waals surface area contributed by atoms with E-state index in [1.54, 1.807) is 28.9 Å². The van der Waals surface area contributed by atoms with E-state index >= 15 is 0 Å². The largest absolute Gasteiger partial charge is 0.497 e. The van der Waals surface area contributed by atoms with Gasteiger partial charge in [-0.3, -0.25) is 0 Å². The fraction of sp³-hybridized carbons (Fsp3) is 0.333. The summed E-state index contributed by atoms with van der Waals surface area (Å²) >= 11 is 1.27. The molecule has 112 valence electrons. The van der Waals surface area contributed by atoms with E-state index in [2.05, 4.69) is 0 Å². The molecule has 1 saturated heterocycles. The Morgan fingerprint density at radius 3 is 2.86 bits per heavy atom. The summed E-state index contributed by atoms with van der Waals surface area (Å²) in [6, 6.07) is 11.0. The lowest BCUT2D eigenvalue weighted by Gasteiger charge is -2.24. The smallest absolute Gasteiger partial charge is 0.253 e. The highest BCUT2D eigenvalue weighted by atomic mass is 32.2. The highest BCUT2D eigenvalue weighted by Crippen LogP contribution is 2.38. The average molecular weight is 323 g/mol. The monoisotopic (exact) mass is 323 g/mol. The van der Waals surface area contributed by atoms with Gasteiger partial charge in [-0.25, -0.2) is 8.42 Å². The summed E-state index contributed by atoms with van der Waals surface area (Å²) in [6.45, 7) is 0.572. The highest BCUT2D eigenvalue weighted by molar-refractivity contribution is 7.91. The van der Waals surface area contributed by atoms with Gasteiger partial charge >= 0.3 is 0 Å². The Morgan fingerprint density at radius 1 is 1.29 bits per heavy atom. The van der Waals surface area contributed by atoms with E-state index in [1.807, 2.05) is 24.3 Å². The molecule has 2 heterocycles. The predicted octanol–water partition coefficient (Wildman–Crippen LogP) is 3.28. The molecule has 0 spiro atoms. The number of methoxy groups -OCH3 is 1. The first-order chi connectivity index (χ1) is 10.1. The van der Waals surface area contributed by atoms with Crippen molar-refractivity contribution >= 4 is 21.4 Å². The standard InChI is InChI=1S/C15H17NO3S2/c1-19-13-6-2-5-12(11-13)14-7-3-9-16(14)21(17,18)15-8-4-10-20-15/h2,4-6,8,10-11,14H,3,7,9H2,1H3. The summed E-state index contributed by atoms with van der Waals surface area (Å²) in [5.74, 6) is 0.757. The molecule has 1 aliphatic heterocycles. The molecule has 6 heteroatoms. The number of nitrogens with zero attached hydrogens (tertiary/aromatic N) is 1. The van der Waals surface area contributed by atoms with E-state index in [4.69, 9.17) is 4.74 Å². The van der Waals surface area contributed by atoms with E-state index in [0.717, 1.165) is 24.2 Å². The van der Waals surface area contributed by atoms with Crippen molar-refractivity contribution in [3.8, 4) is 5.75 Å². The van der Waals surface area contributed by atoms with Crippen LogP contribution >= 0.6 is 11.3 Å². The Hall–Kier alpha value is -1.37. The molecular weight excluding hydrogens is 306 g/mol. The lowest BCUT2D eigenvalue weighted by atomic mass is 10.1. The fourth-order valence-corrected chi connectivity index (χ4v) is 5.54. The van der Waals surface area contributed by atoms with Crippen molar-refractivity contribution in [3.05, 3.63) is 47.3 Å². The van der Waals surface area contributed by atoms with Gasteiger partial charge in [-0.1, -0.05) is 18.2 Å². The van der Waals surface area contributed by atoms with Gasteiger partial charge < -0.3 is 4.74 Å². The van der Waals surface area contributed by atoms with Crippen LogP contribution in [0.15, 0.2) is 46.0 Å². The van der Waals surface area contributed by atoms with Crippen molar-refractivity contribution in [3.63, 3.8) is 0 Å². The van der Waals surface area contributed by atoms with Crippen molar-refractivity contribution in [2.45, 2.75) is 23.1 Å². The van der Waals surface area contributed by atoms with Gasteiger partial charge in [-0.05, 0) is 42.0 Å². The zero-order valence-electron chi connectivity index (χ0n) is 11.7. The van der Waals surface area contributed by atoms with Gasteiger partial charge in [-0.2, -0.15) is 4.31 Å². The zero-order valence-corrected chi connectivity index (χ0v) is 13.4. The predicted molar refractivity (Wildman–Crippen MR) is 83.2 cm³/mol. The third kappa shape index (κ3) is 2.71. The van der Waals surface area contributed by atoms with Crippen LogP contribution in [0.5, 0.6) is 5.75 Å². The number of benzene rings is 1. The summed E-state index contributed by atoms with van der Waals surface area (Å²) in [5, 5.41) is 1.80. The SMILES string of the molecule is COc1cccc(C2CCCN2S(=O)(=O)c2cccs2)c1. The molecule has 0 aliphatic carbocycles. The van der Waals surface area contributed by atoms with Crippen molar-refractivity contribution in [1.82, 2.24) is 4.31 Å². The van der Waals surface area contributed by atoms with Crippen LogP contribution in [0.2, 0.25) is 0 Å². The molecule has 0 saturated carbocycles. The normalized spacial score (nSPS) is 19.8. The van der Waals surface area contributed by atoms with Gasteiger partial charge in [0.05, 0.1) is 13.2 Å². The molecular formula is C15H17NO3S2. The molecule has 1 aliphatic rings. The van der Waals surface area contributed by atoms with Gasteiger partial charge in [0.1, 0.15) is 9.96 Å². The molecule has 0 radical (unpaired) electrons. The van der Waals surface area contributed by atoms with Gasteiger partial charge in [-0.15, -0.1) is 11.3 Å². The number of sulfonamides is 1. The molecule has 1 aromatic heterocycles. The number of rotatable bonds is 4. The first-order valence-corrected chi connectivity index (χ1v) is 9.14. The van der Waals surface area contributed by atoms with Crippen LogP contribution in [0.1, 0.15) is 24.4 Å². The highest BCUT2D eigenvalue weighted by Gasteiger charge is 2.36. The Labute approximate surface area is 129 Å². The van der Waals surface area contributed by atoms with Gasteiger partial charge in [0, 0.05) is 6.54 Å². The summed E-state index contributed by atoms with van der Waals surface area (Å²) in [4.78, 5) is 0. The van der Waals surface area contributed by atoms with E-state index in [1.165, 1.54) is 11.3 Å². The van der Waals surface area contributed by atoms with Crippen LogP contribution < -0.4 is 4.74 Å². The second-order valence-corrected chi connectivity index (χ2v) is 8.05. The summed E-state index contributed by atoms with van der Waals surface area (Å²) in [5.41, 5.74) is 0.993. The summed E-state index contributed by atoms with van der Waals surface area (Å²) in [6.07, 6.45) is 1.73. The quantitative estimate of drug-likeness (QED) is 0.867. The first-order valence-electron chi connectivity index (χ1n) is 6.82. The second kappa shape index (κ2) is 5.79. The van der Waals surface area contributed by atoms with Gasteiger partial charge in [0.25, 0.3) is 10.0 Å². The number of ether oxygens (including phenoxy) is 1. The van der Waals surface area contributed by atoms with Crippen molar-refractivity contribution < 1.29 is 13.2 Å². The molecule has 4 nitrogen and oxygen atoms in total. The van der Waals surface area contributed by atoms with E-state index < -0.39 is 10.0 Å². The Bertz CT molecular complexity index is 710. The summed E-state index contributed by atoms with van der Waals surface area (Å²) < 4.78 is 32.8. The fourth-order valence-electron chi connectivity index (χ4n) is 2.74. The lowest BCUT2D eigenvalue weighted by molar-refractivity contribution is 0.391. The number of hydrogen-bond donors (Lipinski definition) is 0. The van der Waals surface area contributed by atoms with Crippen LogP contribution in [-0.2, 0) is 10.0 Å². The minimum Gasteiger partial charge on any atom is -0.497 e. The van der Waals surface area contributed by atoms with E-state index in [-0.39, 0.29) is 6.04 Å².